The molecule has 0 radical (unpaired) electrons. The maximum Gasteiger partial charge on any atom is 0.227 e. The molecule has 1 fully saturated rings. The van der Waals surface area contributed by atoms with Crippen molar-refractivity contribution in [3.05, 3.63) is 23.4 Å². The van der Waals surface area contributed by atoms with Gasteiger partial charge in [0.05, 0.1) is 10.9 Å². The molecule has 0 atom stereocenters. The molecule has 5 heteroatoms. The number of nitrogens with one attached hydrogen (secondary N) is 1. The summed E-state index contributed by atoms with van der Waals surface area (Å²) >= 11 is 5.78. The number of anilines is 1. The van der Waals surface area contributed by atoms with Gasteiger partial charge in [-0.1, -0.05) is 11.6 Å². The van der Waals surface area contributed by atoms with Crippen LogP contribution in [0.15, 0.2) is 18.3 Å². The predicted molar refractivity (Wildman–Crippen MR) is 72.8 cm³/mol. The van der Waals surface area contributed by atoms with E-state index in [0.29, 0.717) is 5.02 Å². The average Bonchev–Trinajstić information content (AvgIpc) is 2.15. The van der Waals surface area contributed by atoms with E-state index in [1.165, 1.54) is 0 Å². The smallest absolute Gasteiger partial charge is 0.227 e. The highest BCUT2D eigenvalue weighted by Crippen LogP contribution is 2.24. The lowest BCUT2D eigenvalue weighted by atomic mass is 9.97. The molecular formula is C13H18ClN3O. The third kappa shape index (κ3) is 3.13. The Morgan fingerprint density at radius 3 is 2.61 bits per heavy atom. The molecule has 0 aliphatic carbocycles. The Morgan fingerprint density at radius 1 is 1.44 bits per heavy atom. The number of carbonyl (C=O) groups excluding carboxylic acids is 1. The molecule has 1 aromatic rings. The van der Waals surface area contributed by atoms with Crippen LogP contribution in [0, 0.1) is 5.92 Å². The van der Waals surface area contributed by atoms with Crippen LogP contribution < -0.4 is 10.2 Å². The fourth-order valence-electron chi connectivity index (χ4n) is 1.86. The number of pyridine rings is 1. The minimum atomic E-state index is -0.171. The van der Waals surface area contributed by atoms with Crippen molar-refractivity contribution in [3.8, 4) is 0 Å². The van der Waals surface area contributed by atoms with Gasteiger partial charge in [-0.05, 0) is 32.9 Å². The second-order valence-corrected chi connectivity index (χ2v) is 6.11. The molecule has 0 saturated carbocycles. The fraction of sp³-hybridized carbons (Fsp3) is 0.538. The lowest BCUT2D eigenvalue weighted by molar-refractivity contribution is -0.127. The number of hydrogen-bond acceptors (Lipinski definition) is 3. The van der Waals surface area contributed by atoms with E-state index in [1.807, 2.05) is 32.9 Å². The SMILES string of the molecule is CC(C)(C)NC(=O)C1CN(c2ccc(Cl)cn2)C1. The van der Waals surface area contributed by atoms with E-state index in [1.54, 1.807) is 6.20 Å². The van der Waals surface area contributed by atoms with Crippen molar-refractivity contribution in [3.63, 3.8) is 0 Å². The Bertz CT molecular complexity index is 433. The van der Waals surface area contributed by atoms with Crippen LogP contribution in [-0.4, -0.2) is 29.5 Å². The molecule has 2 rings (SSSR count). The van der Waals surface area contributed by atoms with Gasteiger partial charge in [-0.2, -0.15) is 0 Å². The van der Waals surface area contributed by atoms with Gasteiger partial charge in [0, 0.05) is 24.8 Å². The van der Waals surface area contributed by atoms with Gasteiger partial charge in [0.15, 0.2) is 0 Å². The molecule has 1 aliphatic rings. The second kappa shape index (κ2) is 4.76. The zero-order chi connectivity index (χ0) is 13.3. The quantitative estimate of drug-likeness (QED) is 0.892. The summed E-state index contributed by atoms with van der Waals surface area (Å²) in [4.78, 5) is 18.2. The molecule has 1 N–H and O–H groups in total. The van der Waals surface area contributed by atoms with Gasteiger partial charge in [0.1, 0.15) is 5.82 Å². The normalized spacial score (nSPS) is 16.3. The second-order valence-electron chi connectivity index (χ2n) is 5.68. The molecule has 1 amide bonds. The first-order valence-corrected chi connectivity index (χ1v) is 6.41. The largest absolute Gasteiger partial charge is 0.355 e. The summed E-state index contributed by atoms with van der Waals surface area (Å²) in [7, 11) is 0. The van der Waals surface area contributed by atoms with Crippen LogP contribution in [-0.2, 0) is 4.79 Å². The van der Waals surface area contributed by atoms with Crippen LogP contribution in [0.3, 0.4) is 0 Å². The van der Waals surface area contributed by atoms with Crippen molar-refractivity contribution in [2.24, 2.45) is 5.92 Å². The van der Waals surface area contributed by atoms with Crippen LogP contribution in [0.5, 0.6) is 0 Å². The number of aromatic nitrogens is 1. The van der Waals surface area contributed by atoms with E-state index in [9.17, 15) is 4.79 Å². The topological polar surface area (TPSA) is 45.2 Å². The lowest BCUT2D eigenvalue weighted by Gasteiger charge is -2.40. The molecule has 4 nitrogen and oxygen atoms in total. The summed E-state index contributed by atoms with van der Waals surface area (Å²) in [6, 6.07) is 3.69. The number of halogens is 1. The molecule has 0 aromatic carbocycles. The molecule has 1 aromatic heterocycles. The predicted octanol–water partition coefficient (Wildman–Crippen LogP) is 2.09. The summed E-state index contributed by atoms with van der Waals surface area (Å²) in [6.07, 6.45) is 1.62. The van der Waals surface area contributed by atoms with Crippen molar-refractivity contribution < 1.29 is 4.79 Å². The molecule has 0 unspecified atom stereocenters. The van der Waals surface area contributed by atoms with Gasteiger partial charge in [-0.25, -0.2) is 4.98 Å². The highest BCUT2D eigenvalue weighted by Gasteiger charge is 2.34. The Hall–Kier alpha value is -1.29. The Balaban J connectivity index is 1.87. The molecule has 1 aliphatic heterocycles. The van der Waals surface area contributed by atoms with Crippen LogP contribution >= 0.6 is 11.6 Å². The van der Waals surface area contributed by atoms with Gasteiger partial charge in [0.2, 0.25) is 5.91 Å². The van der Waals surface area contributed by atoms with E-state index in [2.05, 4.69) is 15.2 Å². The minimum absolute atomic E-state index is 0.0571. The Morgan fingerprint density at radius 2 is 2.11 bits per heavy atom. The first kappa shape index (κ1) is 13.1. The monoisotopic (exact) mass is 267 g/mol. The van der Waals surface area contributed by atoms with Crippen LogP contribution in [0.25, 0.3) is 0 Å². The number of carbonyl (C=O) groups is 1. The summed E-state index contributed by atoms with van der Waals surface area (Å²) in [5, 5.41) is 3.62. The highest BCUT2D eigenvalue weighted by molar-refractivity contribution is 6.30. The van der Waals surface area contributed by atoms with Crippen molar-refractivity contribution >= 4 is 23.3 Å². The van der Waals surface area contributed by atoms with E-state index >= 15 is 0 Å². The summed E-state index contributed by atoms with van der Waals surface area (Å²) in [6.45, 7) is 7.40. The number of rotatable bonds is 2. The van der Waals surface area contributed by atoms with E-state index in [0.717, 1.165) is 18.9 Å². The zero-order valence-corrected chi connectivity index (χ0v) is 11.7. The van der Waals surface area contributed by atoms with Gasteiger partial charge in [-0.15, -0.1) is 0 Å². The van der Waals surface area contributed by atoms with Crippen LogP contribution in [0.2, 0.25) is 5.02 Å². The van der Waals surface area contributed by atoms with Crippen molar-refractivity contribution in [2.45, 2.75) is 26.3 Å². The Kier molecular flexibility index (Phi) is 3.48. The van der Waals surface area contributed by atoms with Gasteiger partial charge < -0.3 is 10.2 Å². The first-order valence-electron chi connectivity index (χ1n) is 6.04. The van der Waals surface area contributed by atoms with E-state index < -0.39 is 0 Å². The summed E-state index contributed by atoms with van der Waals surface area (Å²) in [5.41, 5.74) is -0.171. The third-order valence-corrected chi connectivity index (χ3v) is 3.01. The average molecular weight is 268 g/mol. The zero-order valence-electron chi connectivity index (χ0n) is 10.9. The Labute approximate surface area is 112 Å². The standard InChI is InChI=1S/C13H18ClN3O/c1-13(2,3)16-12(18)9-7-17(8-9)11-5-4-10(14)6-15-11/h4-6,9H,7-8H2,1-3H3,(H,16,18). The molecule has 0 spiro atoms. The minimum Gasteiger partial charge on any atom is -0.355 e. The van der Waals surface area contributed by atoms with Gasteiger partial charge >= 0.3 is 0 Å². The van der Waals surface area contributed by atoms with Gasteiger partial charge in [0.25, 0.3) is 0 Å². The molecule has 0 bridgehead atoms. The van der Waals surface area contributed by atoms with Crippen molar-refractivity contribution in [2.75, 3.05) is 18.0 Å². The molecule has 2 heterocycles. The maximum absolute atomic E-state index is 11.9. The van der Waals surface area contributed by atoms with Crippen LogP contribution in [0.1, 0.15) is 20.8 Å². The number of nitrogens with zero attached hydrogens (tertiary/aromatic N) is 2. The maximum atomic E-state index is 11.9. The fourth-order valence-corrected chi connectivity index (χ4v) is 1.97. The van der Waals surface area contributed by atoms with Gasteiger partial charge in [-0.3, -0.25) is 4.79 Å². The first-order chi connectivity index (χ1) is 8.35. The number of amides is 1. The third-order valence-electron chi connectivity index (χ3n) is 2.79. The van der Waals surface area contributed by atoms with Crippen LogP contribution in [0.4, 0.5) is 5.82 Å². The molecule has 18 heavy (non-hydrogen) atoms. The summed E-state index contributed by atoms with van der Waals surface area (Å²) < 4.78 is 0. The molecular weight excluding hydrogens is 250 g/mol. The van der Waals surface area contributed by atoms with Crippen molar-refractivity contribution in [1.82, 2.24) is 10.3 Å². The molecule has 1 saturated heterocycles. The highest BCUT2D eigenvalue weighted by atomic mass is 35.5. The molecule has 98 valence electrons. The van der Waals surface area contributed by atoms with E-state index in [4.69, 9.17) is 11.6 Å². The van der Waals surface area contributed by atoms with E-state index in [-0.39, 0.29) is 17.4 Å². The number of hydrogen-bond donors (Lipinski definition) is 1. The van der Waals surface area contributed by atoms with Crippen molar-refractivity contribution in [1.29, 1.82) is 0 Å². The summed E-state index contributed by atoms with van der Waals surface area (Å²) in [5.74, 6) is 1.05. The lowest BCUT2D eigenvalue weighted by Crippen LogP contribution is -2.56.